The summed E-state index contributed by atoms with van der Waals surface area (Å²) < 4.78 is 26.8. The largest absolute Gasteiger partial charge is 0.480 e. The second kappa shape index (κ2) is 38.6. The van der Waals surface area contributed by atoms with Gasteiger partial charge in [0, 0.05) is 12.8 Å². The number of aliphatic hydroxyl groups excluding tert-OH is 1. The van der Waals surface area contributed by atoms with Crippen molar-refractivity contribution < 1.29 is 47.8 Å². The molecule has 0 bridgehead atoms. The van der Waals surface area contributed by atoms with Gasteiger partial charge in [-0.05, 0) is 44.9 Å². The first-order chi connectivity index (χ1) is 26.6. The molecule has 320 valence electrons. The van der Waals surface area contributed by atoms with Crippen molar-refractivity contribution in [2.24, 2.45) is 0 Å². The van der Waals surface area contributed by atoms with Gasteiger partial charge in [-0.15, -0.1) is 0 Å². The van der Waals surface area contributed by atoms with Gasteiger partial charge in [-0.2, -0.15) is 0 Å². The van der Waals surface area contributed by atoms with Crippen molar-refractivity contribution in [1.82, 2.24) is 5.32 Å². The highest BCUT2D eigenvalue weighted by molar-refractivity contribution is 7.47. The van der Waals surface area contributed by atoms with Crippen molar-refractivity contribution in [2.45, 2.75) is 199 Å². The zero-order chi connectivity index (χ0) is 40.7. The van der Waals surface area contributed by atoms with Gasteiger partial charge < -0.3 is 25.2 Å². The average Bonchev–Trinajstić information content (AvgIpc) is 3.16. The van der Waals surface area contributed by atoms with Gasteiger partial charge in [-0.3, -0.25) is 18.6 Å². The van der Waals surface area contributed by atoms with Crippen LogP contribution in [0.4, 0.5) is 0 Å². The topological polar surface area (TPSA) is 169 Å². The first-order valence-corrected chi connectivity index (χ1v) is 23.0. The van der Waals surface area contributed by atoms with Gasteiger partial charge in [0.25, 0.3) is 0 Å². The molecule has 0 saturated heterocycles. The number of carboxylic acid groups (broad SMARTS) is 1. The second-order valence-corrected chi connectivity index (χ2v) is 16.0. The van der Waals surface area contributed by atoms with Crippen LogP contribution in [0.1, 0.15) is 187 Å². The number of unbranched alkanes of at least 4 members (excludes halogenated alkanes) is 20. The lowest BCUT2D eigenvalue weighted by Crippen LogP contribution is -2.43. The standard InChI is InChI=1S/C43H78NO10P/c1-3-5-7-9-11-13-15-17-19-21-23-25-27-29-31-33-35-42(47)52-36-39(45)37-53-55(50,51)54-38-40(43(48)49)44-41(46)34-32-30-28-26-24-22-20-18-16-14-12-10-8-6-4-2/h6,8,12,14,18,20,39-40,45H,3-5,7,9-11,13,15-17,19,21-38H2,1-2H3,(H,44,46)(H,48,49)(H,50,51)/b8-6-,14-12-,20-18-. The quantitative estimate of drug-likeness (QED) is 0.0202. The summed E-state index contributed by atoms with van der Waals surface area (Å²) in [5.41, 5.74) is 0. The minimum atomic E-state index is -4.76. The van der Waals surface area contributed by atoms with E-state index in [0.717, 1.165) is 70.6 Å². The highest BCUT2D eigenvalue weighted by atomic mass is 31.2. The molecule has 12 heteroatoms. The number of esters is 1. The molecule has 55 heavy (non-hydrogen) atoms. The summed E-state index contributed by atoms with van der Waals surface area (Å²) in [6.45, 7) is 2.47. The van der Waals surface area contributed by atoms with E-state index < -0.39 is 57.6 Å². The molecule has 0 radical (unpaired) electrons. The summed E-state index contributed by atoms with van der Waals surface area (Å²) in [4.78, 5) is 45.9. The predicted octanol–water partition coefficient (Wildman–Crippen LogP) is 10.8. The lowest BCUT2D eigenvalue weighted by Gasteiger charge is -2.18. The Labute approximate surface area is 333 Å². The van der Waals surface area contributed by atoms with E-state index in [2.05, 4.69) is 55.6 Å². The van der Waals surface area contributed by atoms with Crippen molar-refractivity contribution in [3.05, 3.63) is 36.5 Å². The Bertz CT molecular complexity index is 1080. The van der Waals surface area contributed by atoms with Crippen LogP contribution in [0, 0.1) is 0 Å². The maximum absolute atomic E-state index is 12.3. The van der Waals surface area contributed by atoms with E-state index in [0.29, 0.717) is 12.8 Å². The van der Waals surface area contributed by atoms with E-state index in [1.54, 1.807) is 0 Å². The van der Waals surface area contributed by atoms with Gasteiger partial charge in [0.05, 0.1) is 13.2 Å². The molecule has 0 heterocycles. The van der Waals surface area contributed by atoms with E-state index in [-0.39, 0.29) is 12.8 Å². The zero-order valence-electron chi connectivity index (χ0n) is 34.5. The van der Waals surface area contributed by atoms with Crippen LogP contribution in [0.3, 0.4) is 0 Å². The SMILES string of the molecule is CC/C=C\C/C=C\C/C=C\CCCCCCCC(=O)NC(COP(=O)(O)OCC(O)COC(=O)CCCCCCCCCCCCCCCCCC)C(=O)O. The number of hydrogen-bond acceptors (Lipinski definition) is 8. The summed E-state index contributed by atoms with van der Waals surface area (Å²) in [5, 5.41) is 21.8. The van der Waals surface area contributed by atoms with E-state index >= 15 is 0 Å². The molecule has 0 saturated carbocycles. The Morgan fingerprint density at radius 2 is 1.05 bits per heavy atom. The third-order valence-electron chi connectivity index (χ3n) is 9.19. The molecular formula is C43H78NO10P. The maximum Gasteiger partial charge on any atom is 0.472 e. The number of ether oxygens (including phenoxy) is 1. The highest BCUT2D eigenvalue weighted by Crippen LogP contribution is 2.43. The Kier molecular flexibility index (Phi) is 37.0. The number of nitrogens with one attached hydrogen (secondary N) is 1. The van der Waals surface area contributed by atoms with Crippen molar-refractivity contribution in [3.8, 4) is 0 Å². The molecule has 3 atom stereocenters. The third kappa shape index (κ3) is 38.4. The summed E-state index contributed by atoms with van der Waals surface area (Å²) in [6, 6.07) is -1.55. The average molecular weight is 800 g/mol. The smallest absolute Gasteiger partial charge is 0.472 e. The highest BCUT2D eigenvalue weighted by Gasteiger charge is 2.28. The normalized spacial score (nSPS) is 14.1. The second-order valence-electron chi connectivity index (χ2n) is 14.5. The lowest BCUT2D eigenvalue weighted by molar-refractivity contribution is -0.147. The van der Waals surface area contributed by atoms with Gasteiger partial charge in [0.15, 0.2) is 6.04 Å². The van der Waals surface area contributed by atoms with Crippen LogP contribution in [0.25, 0.3) is 0 Å². The number of carboxylic acids is 1. The summed E-state index contributed by atoms with van der Waals surface area (Å²) in [6.07, 6.45) is 40.2. The number of rotatable bonds is 40. The van der Waals surface area contributed by atoms with Crippen molar-refractivity contribution in [1.29, 1.82) is 0 Å². The number of aliphatic carboxylic acids is 1. The number of hydrogen-bond donors (Lipinski definition) is 4. The molecule has 0 aromatic heterocycles. The fourth-order valence-corrected chi connectivity index (χ4v) is 6.63. The summed E-state index contributed by atoms with van der Waals surface area (Å²) >= 11 is 0. The fraction of sp³-hybridized carbons (Fsp3) is 0.791. The van der Waals surface area contributed by atoms with Crippen LogP contribution in [-0.2, 0) is 32.7 Å². The number of phosphoric ester groups is 1. The van der Waals surface area contributed by atoms with Crippen LogP contribution in [0.2, 0.25) is 0 Å². The molecule has 1 amide bonds. The van der Waals surface area contributed by atoms with Crippen molar-refractivity contribution in [2.75, 3.05) is 19.8 Å². The van der Waals surface area contributed by atoms with Gasteiger partial charge >= 0.3 is 19.8 Å². The molecule has 0 aromatic rings. The van der Waals surface area contributed by atoms with Crippen LogP contribution < -0.4 is 5.32 Å². The number of phosphoric acid groups is 1. The molecule has 0 rings (SSSR count). The maximum atomic E-state index is 12.3. The number of carbonyl (C=O) groups excluding carboxylic acids is 2. The Hall–Kier alpha value is -2.30. The van der Waals surface area contributed by atoms with Crippen LogP contribution >= 0.6 is 7.82 Å². The molecule has 0 aliphatic rings. The molecular weight excluding hydrogens is 721 g/mol. The third-order valence-corrected chi connectivity index (χ3v) is 10.1. The number of carbonyl (C=O) groups is 3. The molecule has 0 aromatic carbocycles. The Balaban J connectivity index is 3.92. The number of allylic oxidation sites excluding steroid dienone is 6. The molecule has 0 aliphatic carbocycles. The van der Waals surface area contributed by atoms with E-state index in [1.165, 1.54) is 77.0 Å². The number of aliphatic hydroxyl groups is 1. The first kappa shape index (κ1) is 52.7. The zero-order valence-corrected chi connectivity index (χ0v) is 35.4. The van der Waals surface area contributed by atoms with Gasteiger partial charge in [-0.1, -0.05) is 166 Å². The molecule has 3 unspecified atom stereocenters. The lowest BCUT2D eigenvalue weighted by atomic mass is 10.0. The molecule has 0 spiro atoms. The van der Waals surface area contributed by atoms with Crippen LogP contribution in [0.15, 0.2) is 36.5 Å². The molecule has 11 nitrogen and oxygen atoms in total. The van der Waals surface area contributed by atoms with E-state index in [4.69, 9.17) is 13.8 Å². The molecule has 0 fully saturated rings. The van der Waals surface area contributed by atoms with E-state index in [1.807, 2.05) is 0 Å². The minimum Gasteiger partial charge on any atom is -0.480 e. The van der Waals surface area contributed by atoms with Gasteiger partial charge in [0.1, 0.15) is 12.7 Å². The fourth-order valence-electron chi connectivity index (χ4n) is 5.86. The molecule has 0 aliphatic heterocycles. The molecule has 4 N–H and O–H groups in total. The van der Waals surface area contributed by atoms with Crippen molar-refractivity contribution in [3.63, 3.8) is 0 Å². The Morgan fingerprint density at radius 1 is 0.600 bits per heavy atom. The van der Waals surface area contributed by atoms with Crippen LogP contribution in [0.5, 0.6) is 0 Å². The monoisotopic (exact) mass is 800 g/mol. The van der Waals surface area contributed by atoms with E-state index in [9.17, 15) is 34.1 Å². The minimum absolute atomic E-state index is 0.126. The predicted molar refractivity (Wildman–Crippen MR) is 222 cm³/mol. The summed E-state index contributed by atoms with van der Waals surface area (Å²) in [5.74, 6) is -2.39. The van der Waals surface area contributed by atoms with Crippen molar-refractivity contribution >= 4 is 25.7 Å². The van der Waals surface area contributed by atoms with Gasteiger partial charge in [-0.25, -0.2) is 9.36 Å². The van der Waals surface area contributed by atoms with Gasteiger partial charge in [0.2, 0.25) is 5.91 Å². The first-order valence-electron chi connectivity index (χ1n) is 21.5. The van der Waals surface area contributed by atoms with Crippen LogP contribution in [-0.4, -0.2) is 64.9 Å². The summed E-state index contributed by atoms with van der Waals surface area (Å²) in [7, 11) is -4.76. The Morgan fingerprint density at radius 3 is 1.58 bits per heavy atom. The number of amides is 1.